The lowest BCUT2D eigenvalue weighted by atomic mass is 9.89. The molecule has 36 heavy (non-hydrogen) atoms. The number of carbonyl (C=O) groups excluding carboxylic acids is 2. The first-order valence-electron chi connectivity index (χ1n) is 12.6. The van der Waals surface area contributed by atoms with Crippen molar-refractivity contribution in [2.24, 2.45) is 5.92 Å². The normalized spacial score (nSPS) is 14.6. The van der Waals surface area contributed by atoms with Crippen LogP contribution in [0.3, 0.4) is 0 Å². The second kappa shape index (κ2) is 10.8. The number of para-hydroxylation sites is 1. The number of Topliss-reactive ketones (excluding diaryl/α,β-unsaturated/α-hetero) is 2. The van der Waals surface area contributed by atoms with E-state index in [0.29, 0.717) is 17.9 Å². The zero-order valence-corrected chi connectivity index (χ0v) is 20.6. The Labute approximate surface area is 212 Å². The van der Waals surface area contributed by atoms with Crippen molar-refractivity contribution in [1.82, 2.24) is 14.7 Å². The minimum atomic E-state index is 0.0942. The van der Waals surface area contributed by atoms with Gasteiger partial charge in [-0.2, -0.15) is 5.10 Å². The molecule has 5 rings (SSSR count). The smallest absolute Gasteiger partial charge is 0.166 e. The molecule has 1 fully saturated rings. The minimum absolute atomic E-state index is 0.0942. The van der Waals surface area contributed by atoms with E-state index in [1.54, 1.807) is 13.1 Å². The molecule has 0 radical (unpaired) electrons. The van der Waals surface area contributed by atoms with Gasteiger partial charge in [0.05, 0.1) is 23.1 Å². The average Bonchev–Trinajstić information content (AvgIpc) is 3.37. The number of rotatable bonds is 8. The minimum Gasteiger partial charge on any atom is -0.299 e. The number of likely N-dealkylation sites (tertiary alicyclic amines) is 1. The monoisotopic (exact) mass is 477 g/mol. The molecule has 2 heterocycles. The molecule has 0 saturated carbocycles. The third-order valence-electron chi connectivity index (χ3n) is 7.07. The first kappa shape index (κ1) is 23.9. The van der Waals surface area contributed by atoms with Gasteiger partial charge in [-0.05, 0) is 56.5 Å². The van der Waals surface area contributed by atoms with E-state index in [1.165, 1.54) is 5.56 Å². The summed E-state index contributed by atoms with van der Waals surface area (Å²) in [5.41, 5.74) is 5.46. The fourth-order valence-corrected chi connectivity index (χ4v) is 5.02. The Morgan fingerprint density at radius 2 is 1.50 bits per heavy atom. The van der Waals surface area contributed by atoms with Crippen molar-refractivity contribution in [3.8, 4) is 16.9 Å². The van der Waals surface area contributed by atoms with Crippen LogP contribution in [0.4, 0.5) is 0 Å². The van der Waals surface area contributed by atoms with Crippen LogP contribution in [0.1, 0.15) is 52.5 Å². The van der Waals surface area contributed by atoms with Crippen molar-refractivity contribution in [3.63, 3.8) is 0 Å². The van der Waals surface area contributed by atoms with Gasteiger partial charge in [0.1, 0.15) is 0 Å². The average molecular weight is 478 g/mol. The van der Waals surface area contributed by atoms with Gasteiger partial charge < -0.3 is 0 Å². The van der Waals surface area contributed by atoms with Crippen LogP contribution in [-0.2, 0) is 6.54 Å². The van der Waals surface area contributed by atoms with Crippen LogP contribution in [0.25, 0.3) is 16.9 Å². The molecule has 0 N–H and O–H groups in total. The third-order valence-corrected chi connectivity index (χ3v) is 7.07. The van der Waals surface area contributed by atoms with Crippen molar-refractivity contribution in [3.05, 3.63) is 108 Å². The highest BCUT2D eigenvalue weighted by atomic mass is 16.1. The van der Waals surface area contributed by atoms with Crippen LogP contribution < -0.4 is 0 Å². The van der Waals surface area contributed by atoms with Crippen molar-refractivity contribution in [1.29, 1.82) is 0 Å². The van der Waals surface area contributed by atoms with E-state index in [4.69, 9.17) is 0 Å². The highest BCUT2D eigenvalue weighted by Crippen LogP contribution is 2.30. The van der Waals surface area contributed by atoms with Gasteiger partial charge in [0.25, 0.3) is 0 Å². The fraction of sp³-hybridized carbons (Fsp3) is 0.258. The number of carbonyl (C=O) groups is 2. The van der Waals surface area contributed by atoms with E-state index in [2.05, 4.69) is 10.00 Å². The summed E-state index contributed by atoms with van der Waals surface area (Å²) >= 11 is 0. The van der Waals surface area contributed by atoms with Gasteiger partial charge in [0.2, 0.25) is 0 Å². The van der Waals surface area contributed by atoms with E-state index in [0.717, 1.165) is 55.0 Å². The Morgan fingerprint density at radius 1 is 0.861 bits per heavy atom. The summed E-state index contributed by atoms with van der Waals surface area (Å²) in [6.07, 6.45) is 4.29. The summed E-state index contributed by atoms with van der Waals surface area (Å²) in [4.78, 5) is 27.5. The lowest BCUT2D eigenvalue weighted by Crippen LogP contribution is -2.34. The Balaban J connectivity index is 1.26. The predicted octanol–water partition coefficient (Wildman–Crippen LogP) is 6.23. The summed E-state index contributed by atoms with van der Waals surface area (Å²) < 4.78 is 1.88. The van der Waals surface area contributed by atoms with Crippen LogP contribution >= 0.6 is 0 Å². The van der Waals surface area contributed by atoms with Crippen LogP contribution in [-0.4, -0.2) is 39.3 Å². The molecule has 4 aromatic rings. The zero-order chi connectivity index (χ0) is 24.9. The summed E-state index contributed by atoms with van der Waals surface area (Å²) in [7, 11) is 0. The molecule has 0 atom stereocenters. The Bertz CT molecular complexity index is 1320. The van der Waals surface area contributed by atoms with Gasteiger partial charge >= 0.3 is 0 Å². The maximum atomic E-state index is 13.5. The van der Waals surface area contributed by atoms with Crippen LogP contribution in [0.2, 0.25) is 0 Å². The number of hydrogen-bond donors (Lipinski definition) is 0. The van der Waals surface area contributed by atoms with E-state index in [1.807, 2.05) is 89.6 Å². The molecular formula is C31H31N3O2. The molecule has 1 saturated heterocycles. The van der Waals surface area contributed by atoms with Gasteiger partial charge in [-0.3, -0.25) is 14.5 Å². The van der Waals surface area contributed by atoms with E-state index >= 15 is 0 Å². The molecule has 3 aromatic carbocycles. The molecule has 1 aliphatic heterocycles. The SMILES string of the molecule is CC(=O)c1ccc(CN2CCC(CC(=O)c3cnn(-c4ccccc4)c3-c3ccccc3)CC2)cc1. The van der Waals surface area contributed by atoms with Crippen LogP contribution in [0.5, 0.6) is 0 Å². The number of nitrogens with zero attached hydrogens (tertiary/aromatic N) is 3. The zero-order valence-electron chi connectivity index (χ0n) is 20.6. The molecule has 182 valence electrons. The van der Waals surface area contributed by atoms with E-state index < -0.39 is 0 Å². The van der Waals surface area contributed by atoms with Crippen LogP contribution in [0, 0.1) is 5.92 Å². The van der Waals surface area contributed by atoms with Crippen molar-refractivity contribution >= 4 is 11.6 Å². The first-order chi connectivity index (χ1) is 17.6. The molecule has 5 heteroatoms. The number of ketones is 2. The van der Waals surface area contributed by atoms with Gasteiger partial charge in [-0.25, -0.2) is 4.68 Å². The summed E-state index contributed by atoms with van der Waals surface area (Å²) in [5, 5.41) is 4.62. The standard InChI is InChI=1S/C31H31N3O2/c1-23(35)26-14-12-25(13-15-26)22-33-18-16-24(17-19-33)20-30(36)29-21-32-34(28-10-6-3-7-11-28)31(29)27-8-4-2-5-9-27/h2-15,21,24H,16-20,22H2,1H3. The van der Waals surface area contributed by atoms with Crippen molar-refractivity contribution < 1.29 is 9.59 Å². The van der Waals surface area contributed by atoms with Crippen molar-refractivity contribution in [2.75, 3.05) is 13.1 Å². The molecular weight excluding hydrogens is 446 g/mol. The summed E-state index contributed by atoms with van der Waals surface area (Å²) in [6.45, 7) is 4.42. The fourth-order valence-electron chi connectivity index (χ4n) is 5.02. The molecule has 0 spiro atoms. The maximum absolute atomic E-state index is 13.5. The molecule has 1 aliphatic rings. The molecule has 1 aromatic heterocycles. The third kappa shape index (κ3) is 5.37. The highest BCUT2D eigenvalue weighted by Gasteiger charge is 2.25. The largest absolute Gasteiger partial charge is 0.299 e. The van der Waals surface area contributed by atoms with Gasteiger partial charge in [0.15, 0.2) is 11.6 Å². The topological polar surface area (TPSA) is 55.2 Å². The lowest BCUT2D eigenvalue weighted by Gasteiger charge is -2.31. The van der Waals surface area contributed by atoms with Gasteiger partial charge in [-0.1, -0.05) is 72.8 Å². The molecule has 0 bridgehead atoms. The number of aromatic nitrogens is 2. The Kier molecular flexibility index (Phi) is 7.19. The summed E-state index contributed by atoms with van der Waals surface area (Å²) in [5.74, 6) is 0.628. The van der Waals surface area contributed by atoms with Gasteiger partial charge in [-0.15, -0.1) is 0 Å². The molecule has 0 unspecified atom stereocenters. The number of hydrogen-bond acceptors (Lipinski definition) is 4. The first-order valence-corrected chi connectivity index (χ1v) is 12.6. The van der Waals surface area contributed by atoms with E-state index in [9.17, 15) is 9.59 Å². The highest BCUT2D eigenvalue weighted by molar-refractivity contribution is 6.01. The molecule has 0 aliphatic carbocycles. The molecule has 5 nitrogen and oxygen atoms in total. The Morgan fingerprint density at radius 3 is 2.14 bits per heavy atom. The predicted molar refractivity (Wildman–Crippen MR) is 142 cm³/mol. The second-order valence-electron chi connectivity index (χ2n) is 9.62. The Hall–Kier alpha value is -3.83. The number of benzene rings is 3. The van der Waals surface area contributed by atoms with Gasteiger partial charge in [0, 0.05) is 24.1 Å². The van der Waals surface area contributed by atoms with E-state index in [-0.39, 0.29) is 11.6 Å². The lowest BCUT2D eigenvalue weighted by molar-refractivity contribution is 0.0924. The second-order valence-corrected chi connectivity index (χ2v) is 9.62. The summed E-state index contributed by atoms with van der Waals surface area (Å²) in [6, 6.07) is 27.9. The maximum Gasteiger partial charge on any atom is 0.166 e. The molecule has 0 amide bonds. The number of piperidine rings is 1. The quantitative estimate of drug-likeness (QED) is 0.283. The van der Waals surface area contributed by atoms with Crippen molar-refractivity contribution in [2.45, 2.75) is 32.7 Å². The van der Waals surface area contributed by atoms with Crippen LogP contribution in [0.15, 0.2) is 91.1 Å².